The number of amides is 2. The van der Waals surface area contributed by atoms with Crippen LogP contribution in [0.5, 0.6) is 5.75 Å². The normalized spacial score (nSPS) is 15.7. The van der Waals surface area contributed by atoms with E-state index in [0.717, 1.165) is 11.8 Å². The minimum Gasteiger partial charge on any atom is -0.506 e. The quantitative estimate of drug-likeness (QED) is 0.444. The van der Waals surface area contributed by atoms with Gasteiger partial charge in [-0.25, -0.2) is 0 Å². The van der Waals surface area contributed by atoms with Crippen molar-refractivity contribution in [2.45, 2.75) is 6.42 Å². The predicted octanol–water partition coefficient (Wildman–Crippen LogP) is 3.87. The van der Waals surface area contributed by atoms with Crippen molar-refractivity contribution < 1.29 is 19.1 Å². The van der Waals surface area contributed by atoms with Gasteiger partial charge in [-0.1, -0.05) is 35.6 Å². The van der Waals surface area contributed by atoms with E-state index < -0.39 is 0 Å². The number of phenolic OH excluding ortho intramolecular Hbond substituents is 1. The molecule has 1 aromatic heterocycles. The third-order valence-electron chi connectivity index (χ3n) is 3.49. The van der Waals surface area contributed by atoms with Gasteiger partial charge in [-0.3, -0.25) is 14.5 Å². The molecule has 0 bridgehead atoms. The molecule has 2 amide bonds. The largest absolute Gasteiger partial charge is 0.506 e. The summed E-state index contributed by atoms with van der Waals surface area (Å²) >= 11 is 12.2. The van der Waals surface area contributed by atoms with Gasteiger partial charge < -0.3 is 14.8 Å². The summed E-state index contributed by atoms with van der Waals surface area (Å²) in [6.45, 7) is 0.132. The van der Waals surface area contributed by atoms with E-state index in [1.807, 2.05) is 0 Å². The van der Waals surface area contributed by atoms with Crippen LogP contribution in [0.25, 0.3) is 6.08 Å². The van der Waals surface area contributed by atoms with Crippen LogP contribution in [0.3, 0.4) is 0 Å². The maximum absolute atomic E-state index is 12.4. The standard InChI is InChI=1S/C17H13ClN2O4S2/c18-10-3-4-13(21)12(8-10)19-15(22)5-6-20-16(23)14(26-17(20)25)9-11-2-1-7-24-11/h1-4,7-9,21H,5-6H2,(H,19,22)/b14-9+. The molecular weight excluding hydrogens is 396 g/mol. The maximum atomic E-state index is 12.4. The zero-order valence-electron chi connectivity index (χ0n) is 13.3. The Morgan fingerprint density at radius 1 is 1.42 bits per heavy atom. The highest BCUT2D eigenvalue weighted by atomic mass is 35.5. The number of hydrogen-bond acceptors (Lipinski definition) is 6. The number of thiocarbonyl (C=S) groups is 1. The van der Waals surface area contributed by atoms with Crippen molar-refractivity contribution in [2.75, 3.05) is 11.9 Å². The summed E-state index contributed by atoms with van der Waals surface area (Å²) in [5.41, 5.74) is 0.214. The van der Waals surface area contributed by atoms with Crippen LogP contribution in [0.2, 0.25) is 5.02 Å². The highest BCUT2D eigenvalue weighted by Crippen LogP contribution is 2.33. The Morgan fingerprint density at radius 2 is 2.23 bits per heavy atom. The van der Waals surface area contributed by atoms with Crippen LogP contribution < -0.4 is 5.32 Å². The van der Waals surface area contributed by atoms with Crippen LogP contribution in [-0.4, -0.2) is 32.7 Å². The summed E-state index contributed by atoms with van der Waals surface area (Å²) in [6.07, 6.45) is 3.15. The van der Waals surface area contributed by atoms with E-state index in [0.29, 0.717) is 20.0 Å². The van der Waals surface area contributed by atoms with Crippen molar-refractivity contribution in [3.8, 4) is 5.75 Å². The van der Waals surface area contributed by atoms with Crippen molar-refractivity contribution in [1.82, 2.24) is 4.90 Å². The molecular formula is C17H13ClN2O4S2. The van der Waals surface area contributed by atoms with Crippen molar-refractivity contribution in [3.63, 3.8) is 0 Å². The Kier molecular flexibility index (Phi) is 5.65. The van der Waals surface area contributed by atoms with E-state index in [9.17, 15) is 14.7 Å². The molecule has 0 aliphatic carbocycles. The summed E-state index contributed by atoms with van der Waals surface area (Å²) in [4.78, 5) is 26.3. The molecule has 2 N–H and O–H groups in total. The van der Waals surface area contributed by atoms with Crippen LogP contribution in [0.15, 0.2) is 45.9 Å². The fourth-order valence-corrected chi connectivity index (χ4v) is 3.69. The van der Waals surface area contributed by atoms with Gasteiger partial charge in [0.25, 0.3) is 5.91 Å². The molecule has 3 rings (SSSR count). The molecule has 1 saturated heterocycles. The molecule has 0 spiro atoms. The molecule has 1 aliphatic heterocycles. The van der Waals surface area contributed by atoms with Gasteiger partial charge in [0.1, 0.15) is 15.8 Å². The molecule has 0 saturated carbocycles. The molecule has 1 fully saturated rings. The number of thioether (sulfide) groups is 1. The SMILES string of the molecule is O=C(CCN1C(=O)/C(=C\c2ccco2)SC1=S)Nc1cc(Cl)ccc1O. The average molecular weight is 409 g/mol. The molecule has 6 nitrogen and oxygen atoms in total. The van der Waals surface area contributed by atoms with Gasteiger partial charge in [0.15, 0.2) is 0 Å². The number of nitrogens with zero attached hydrogens (tertiary/aromatic N) is 1. The van der Waals surface area contributed by atoms with Gasteiger partial charge in [0.2, 0.25) is 5.91 Å². The lowest BCUT2D eigenvalue weighted by Gasteiger charge is -2.14. The second-order valence-electron chi connectivity index (χ2n) is 5.31. The summed E-state index contributed by atoms with van der Waals surface area (Å²) in [5.74, 6) is -0.171. The molecule has 2 heterocycles. The van der Waals surface area contributed by atoms with Gasteiger partial charge >= 0.3 is 0 Å². The van der Waals surface area contributed by atoms with Crippen molar-refractivity contribution >= 4 is 63.5 Å². The molecule has 1 aromatic carbocycles. The number of carbonyl (C=O) groups is 2. The second kappa shape index (κ2) is 7.94. The molecule has 0 radical (unpaired) electrons. The molecule has 0 unspecified atom stereocenters. The lowest BCUT2D eigenvalue weighted by atomic mass is 10.2. The summed E-state index contributed by atoms with van der Waals surface area (Å²) in [6, 6.07) is 7.80. The lowest BCUT2D eigenvalue weighted by molar-refractivity contribution is -0.122. The van der Waals surface area contributed by atoms with Gasteiger partial charge in [0.05, 0.1) is 16.9 Å². The Bertz CT molecular complexity index is 896. The topological polar surface area (TPSA) is 82.8 Å². The van der Waals surface area contributed by atoms with E-state index in [1.165, 1.54) is 29.4 Å². The number of halogens is 1. The van der Waals surface area contributed by atoms with Crippen LogP contribution >= 0.6 is 35.6 Å². The number of hydrogen-bond donors (Lipinski definition) is 2. The van der Waals surface area contributed by atoms with Crippen LogP contribution in [-0.2, 0) is 9.59 Å². The molecule has 0 atom stereocenters. The van der Waals surface area contributed by atoms with Gasteiger partial charge in [-0.15, -0.1) is 0 Å². The smallest absolute Gasteiger partial charge is 0.266 e. The van der Waals surface area contributed by atoms with E-state index in [-0.39, 0.29) is 36.2 Å². The number of benzene rings is 1. The second-order valence-corrected chi connectivity index (χ2v) is 7.42. The first-order chi connectivity index (χ1) is 12.4. The third-order valence-corrected chi connectivity index (χ3v) is 5.10. The van der Waals surface area contributed by atoms with E-state index in [2.05, 4.69) is 5.32 Å². The Balaban J connectivity index is 1.60. The highest BCUT2D eigenvalue weighted by Gasteiger charge is 2.32. The number of carbonyl (C=O) groups excluding carboxylic acids is 2. The Morgan fingerprint density at radius 3 is 2.96 bits per heavy atom. The predicted molar refractivity (Wildman–Crippen MR) is 105 cm³/mol. The average Bonchev–Trinajstić information content (AvgIpc) is 3.19. The van der Waals surface area contributed by atoms with E-state index in [1.54, 1.807) is 18.2 Å². The first-order valence-corrected chi connectivity index (χ1v) is 9.11. The highest BCUT2D eigenvalue weighted by molar-refractivity contribution is 8.26. The summed E-state index contributed by atoms with van der Waals surface area (Å²) in [7, 11) is 0. The first-order valence-electron chi connectivity index (χ1n) is 7.51. The number of furan rings is 1. The lowest BCUT2D eigenvalue weighted by Crippen LogP contribution is -2.31. The fraction of sp³-hybridized carbons (Fsp3) is 0.118. The van der Waals surface area contributed by atoms with Crippen LogP contribution in [0, 0.1) is 0 Å². The fourth-order valence-electron chi connectivity index (χ4n) is 2.23. The minimum absolute atomic E-state index is 0.0203. The van der Waals surface area contributed by atoms with Crippen LogP contribution in [0.1, 0.15) is 12.2 Å². The number of aromatic hydroxyl groups is 1. The first kappa shape index (κ1) is 18.5. The molecule has 9 heteroatoms. The zero-order chi connectivity index (χ0) is 18.7. The number of nitrogens with one attached hydrogen (secondary N) is 1. The van der Waals surface area contributed by atoms with E-state index >= 15 is 0 Å². The third kappa shape index (κ3) is 4.27. The summed E-state index contributed by atoms with van der Waals surface area (Å²) < 4.78 is 5.58. The molecule has 1 aliphatic rings. The van der Waals surface area contributed by atoms with E-state index in [4.69, 9.17) is 28.2 Å². The van der Waals surface area contributed by atoms with Gasteiger partial charge in [0, 0.05) is 24.1 Å². The van der Waals surface area contributed by atoms with Crippen molar-refractivity contribution in [2.24, 2.45) is 0 Å². The Labute approximate surface area is 163 Å². The minimum atomic E-state index is -0.369. The van der Waals surface area contributed by atoms with Gasteiger partial charge in [-0.2, -0.15) is 0 Å². The molecule has 134 valence electrons. The summed E-state index contributed by atoms with van der Waals surface area (Å²) in [5, 5.41) is 12.7. The number of rotatable bonds is 5. The van der Waals surface area contributed by atoms with Crippen molar-refractivity contribution in [1.29, 1.82) is 0 Å². The Hall–Kier alpha value is -2.29. The number of phenols is 1. The van der Waals surface area contributed by atoms with Crippen LogP contribution in [0.4, 0.5) is 5.69 Å². The number of anilines is 1. The molecule has 26 heavy (non-hydrogen) atoms. The maximum Gasteiger partial charge on any atom is 0.266 e. The molecule has 2 aromatic rings. The van der Waals surface area contributed by atoms with Crippen molar-refractivity contribution in [3.05, 3.63) is 52.3 Å². The van der Waals surface area contributed by atoms with Gasteiger partial charge in [-0.05, 0) is 30.3 Å². The monoisotopic (exact) mass is 408 g/mol. The zero-order valence-corrected chi connectivity index (χ0v) is 15.7.